The number of rotatable bonds is 6. The fraction of sp³-hybridized carbons (Fsp3) is 0.462. The minimum absolute atomic E-state index is 0. The van der Waals surface area contributed by atoms with Crippen LogP contribution in [0.5, 0.6) is 0 Å². The molecule has 0 amide bonds. The van der Waals surface area contributed by atoms with Crippen molar-refractivity contribution in [2.24, 2.45) is 0 Å². The van der Waals surface area contributed by atoms with Gasteiger partial charge in [0.05, 0.1) is 17.6 Å². The summed E-state index contributed by atoms with van der Waals surface area (Å²) >= 11 is 0. The first kappa shape index (κ1) is 19.9. The minimum atomic E-state index is -3.66. The van der Waals surface area contributed by atoms with Crippen LogP contribution in [-0.2, 0) is 14.8 Å². The van der Waals surface area contributed by atoms with Gasteiger partial charge in [0.25, 0.3) is 0 Å². The predicted octanol–water partition coefficient (Wildman–Crippen LogP) is 1.09. The second kappa shape index (κ2) is 8.33. The van der Waals surface area contributed by atoms with Crippen LogP contribution in [-0.4, -0.2) is 41.1 Å². The van der Waals surface area contributed by atoms with E-state index in [9.17, 15) is 13.2 Å². The summed E-state index contributed by atoms with van der Waals surface area (Å²) in [6.07, 6.45) is 0. The lowest BCUT2D eigenvalue weighted by molar-refractivity contribution is 0.0599. The zero-order valence-corrected chi connectivity index (χ0v) is 14.1. The third kappa shape index (κ3) is 4.96. The summed E-state index contributed by atoms with van der Waals surface area (Å²) in [6, 6.07) is 4.54. The molecule has 1 atom stereocenters. The van der Waals surface area contributed by atoms with Crippen LogP contribution in [0.4, 0.5) is 0 Å². The van der Waals surface area contributed by atoms with E-state index >= 15 is 0 Å². The number of nitrogens with one attached hydrogen (secondary N) is 2. The number of benzene rings is 1. The van der Waals surface area contributed by atoms with E-state index in [1.165, 1.54) is 25.3 Å². The van der Waals surface area contributed by atoms with Gasteiger partial charge in [0, 0.05) is 12.6 Å². The van der Waals surface area contributed by atoms with Crippen LogP contribution < -0.4 is 10.0 Å². The molecule has 1 aromatic rings. The minimum Gasteiger partial charge on any atom is -0.465 e. The van der Waals surface area contributed by atoms with Crippen LogP contribution in [0.2, 0.25) is 0 Å². The molecule has 2 N–H and O–H groups in total. The number of hydrogen-bond donors (Lipinski definition) is 2. The molecule has 0 aliphatic carbocycles. The quantitative estimate of drug-likeness (QED) is 0.760. The summed E-state index contributed by atoms with van der Waals surface area (Å²) in [5, 5.41) is 2.94. The van der Waals surface area contributed by atoms with Crippen molar-refractivity contribution in [3.8, 4) is 0 Å². The highest BCUT2D eigenvalue weighted by Crippen LogP contribution is 2.19. The Balaban J connectivity index is 0.00000400. The number of methoxy groups -OCH3 is 1. The highest BCUT2D eigenvalue weighted by molar-refractivity contribution is 7.89. The molecule has 0 aliphatic rings. The van der Waals surface area contributed by atoms with Crippen LogP contribution in [0.3, 0.4) is 0 Å². The van der Waals surface area contributed by atoms with Gasteiger partial charge in [-0.05, 0) is 38.6 Å². The van der Waals surface area contributed by atoms with Crippen molar-refractivity contribution in [3.63, 3.8) is 0 Å². The lowest BCUT2D eigenvalue weighted by atomic mass is 10.1. The number of hydrogen-bond acceptors (Lipinski definition) is 5. The Morgan fingerprint density at radius 1 is 1.38 bits per heavy atom. The lowest BCUT2D eigenvalue weighted by Crippen LogP contribution is -2.37. The number of carbonyl (C=O) groups excluding carboxylic acids is 1. The van der Waals surface area contributed by atoms with Crippen LogP contribution in [0, 0.1) is 6.92 Å². The van der Waals surface area contributed by atoms with E-state index in [-0.39, 0.29) is 35.5 Å². The van der Waals surface area contributed by atoms with Crippen molar-refractivity contribution < 1.29 is 17.9 Å². The predicted molar refractivity (Wildman–Crippen MR) is 83.5 cm³/mol. The third-order valence-electron chi connectivity index (χ3n) is 3.05. The zero-order chi connectivity index (χ0) is 15.3. The summed E-state index contributed by atoms with van der Waals surface area (Å²) in [4.78, 5) is 11.7. The molecule has 120 valence electrons. The van der Waals surface area contributed by atoms with Gasteiger partial charge in [-0.25, -0.2) is 17.9 Å². The van der Waals surface area contributed by atoms with E-state index in [0.29, 0.717) is 5.56 Å². The Kier molecular flexibility index (Phi) is 7.87. The van der Waals surface area contributed by atoms with E-state index in [4.69, 9.17) is 0 Å². The van der Waals surface area contributed by atoms with Gasteiger partial charge in [-0.15, -0.1) is 12.4 Å². The number of esters is 1. The lowest BCUT2D eigenvalue weighted by Gasteiger charge is -2.14. The van der Waals surface area contributed by atoms with Gasteiger partial charge in [0.2, 0.25) is 10.0 Å². The molecule has 0 heterocycles. The summed E-state index contributed by atoms with van der Waals surface area (Å²) in [5.41, 5.74) is 0.626. The van der Waals surface area contributed by atoms with Gasteiger partial charge in [-0.2, -0.15) is 0 Å². The third-order valence-corrected chi connectivity index (χ3v) is 4.62. The normalized spacial score (nSPS) is 12.4. The molecule has 1 unspecified atom stereocenters. The van der Waals surface area contributed by atoms with Gasteiger partial charge in [0.1, 0.15) is 0 Å². The molecule has 0 saturated heterocycles. The van der Waals surface area contributed by atoms with E-state index in [1.807, 2.05) is 6.92 Å². The average Bonchev–Trinajstić information content (AvgIpc) is 2.44. The van der Waals surface area contributed by atoms with Crippen molar-refractivity contribution in [1.82, 2.24) is 10.0 Å². The van der Waals surface area contributed by atoms with Crippen LogP contribution in [0.25, 0.3) is 0 Å². The molecule has 0 aromatic heterocycles. The monoisotopic (exact) mass is 336 g/mol. The first-order valence-corrected chi connectivity index (χ1v) is 7.66. The largest absolute Gasteiger partial charge is 0.465 e. The maximum absolute atomic E-state index is 12.2. The summed E-state index contributed by atoms with van der Waals surface area (Å²) in [5.74, 6) is -0.553. The maximum atomic E-state index is 12.2. The van der Waals surface area contributed by atoms with Crippen molar-refractivity contribution in [3.05, 3.63) is 29.3 Å². The van der Waals surface area contributed by atoms with E-state index < -0.39 is 16.0 Å². The van der Waals surface area contributed by atoms with Gasteiger partial charge >= 0.3 is 5.97 Å². The Morgan fingerprint density at radius 3 is 2.52 bits per heavy atom. The topological polar surface area (TPSA) is 84.5 Å². The molecule has 0 radical (unpaired) electrons. The summed E-state index contributed by atoms with van der Waals surface area (Å²) in [6.45, 7) is 3.71. The van der Waals surface area contributed by atoms with Gasteiger partial charge in [0.15, 0.2) is 0 Å². The Hall–Kier alpha value is -1.15. The second-order valence-electron chi connectivity index (χ2n) is 4.46. The number of likely N-dealkylation sites (N-methyl/N-ethyl adjacent to an activating group) is 1. The number of sulfonamides is 1. The number of ether oxygens (including phenoxy) is 1. The van der Waals surface area contributed by atoms with Gasteiger partial charge < -0.3 is 10.1 Å². The van der Waals surface area contributed by atoms with Crippen molar-refractivity contribution in [2.45, 2.75) is 24.8 Å². The molecule has 0 spiro atoms. The molecule has 0 bridgehead atoms. The van der Waals surface area contributed by atoms with Crippen LogP contribution >= 0.6 is 12.4 Å². The van der Waals surface area contributed by atoms with E-state index in [1.54, 1.807) is 14.0 Å². The standard InChI is InChI=1S/C13H20N2O4S.ClH/c1-9(14-3)8-15-20(17,18)12-7-5-6-11(10(12)2)13(16)19-4;/h5-7,9,14-15H,8H2,1-4H3;1H. The number of halogens is 1. The molecular formula is C13H21ClN2O4S. The zero-order valence-electron chi connectivity index (χ0n) is 12.5. The second-order valence-corrected chi connectivity index (χ2v) is 6.20. The average molecular weight is 337 g/mol. The molecular weight excluding hydrogens is 316 g/mol. The molecule has 0 fully saturated rings. The van der Waals surface area contributed by atoms with Gasteiger partial charge in [-0.1, -0.05) is 6.07 Å². The van der Waals surface area contributed by atoms with E-state index in [2.05, 4.69) is 14.8 Å². The summed E-state index contributed by atoms with van der Waals surface area (Å²) in [7, 11) is -0.646. The summed E-state index contributed by atoms with van der Waals surface area (Å²) < 4.78 is 31.6. The molecule has 21 heavy (non-hydrogen) atoms. The fourth-order valence-electron chi connectivity index (χ4n) is 1.65. The molecule has 0 aliphatic heterocycles. The Bertz CT molecular complexity index is 590. The highest BCUT2D eigenvalue weighted by Gasteiger charge is 2.21. The highest BCUT2D eigenvalue weighted by atomic mass is 35.5. The maximum Gasteiger partial charge on any atom is 0.338 e. The molecule has 1 aromatic carbocycles. The van der Waals surface area contributed by atoms with Crippen LogP contribution in [0.15, 0.2) is 23.1 Å². The first-order chi connectivity index (χ1) is 9.33. The number of carbonyl (C=O) groups is 1. The Morgan fingerprint density at radius 2 is 2.00 bits per heavy atom. The molecule has 6 nitrogen and oxygen atoms in total. The fourth-order valence-corrected chi connectivity index (χ4v) is 3.05. The molecule has 1 rings (SSSR count). The molecule has 8 heteroatoms. The first-order valence-electron chi connectivity index (χ1n) is 6.18. The van der Waals surface area contributed by atoms with E-state index in [0.717, 1.165) is 0 Å². The SMILES string of the molecule is CNC(C)CNS(=O)(=O)c1cccc(C(=O)OC)c1C.Cl. The van der Waals surface area contributed by atoms with Crippen molar-refractivity contribution >= 4 is 28.4 Å². The molecule has 0 saturated carbocycles. The van der Waals surface area contributed by atoms with Crippen LogP contribution in [0.1, 0.15) is 22.8 Å². The van der Waals surface area contributed by atoms with Crippen molar-refractivity contribution in [1.29, 1.82) is 0 Å². The van der Waals surface area contributed by atoms with Crippen molar-refractivity contribution in [2.75, 3.05) is 20.7 Å². The Labute approximate surface area is 131 Å². The van der Waals surface area contributed by atoms with Gasteiger partial charge in [-0.3, -0.25) is 0 Å². The smallest absolute Gasteiger partial charge is 0.338 e.